The molecule has 0 aliphatic carbocycles. The van der Waals surface area contributed by atoms with Gasteiger partial charge in [0.25, 0.3) is 5.24 Å². The maximum Gasteiger partial charge on any atom is 0.252 e. The molecule has 0 unspecified atom stereocenters. The Bertz CT molecular complexity index is 911. The van der Waals surface area contributed by atoms with E-state index in [0.29, 0.717) is 31.1 Å². The number of fused-ring (bicyclic) bond motifs is 3. The van der Waals surface area contributed by atoms with Crippen LogP contribution in [0, 0.1) is 0 Å². The third-order valence-corrected chi connectivity index (χ3v) is 5.24. The minimum atomic E-state index is -0.472. The lowest BCUT2D eigenvalue weighted by molar-refractivity contribution is 0.108. The van der Waals surface area contributed by atoms with Crippen molar-refractivity contribution in [1.82, 2.24) is 0 Å². The third kappa shape index (κ3) is 3.62. The first kappa shape index (κ1) is 20.6. The van der Waals surface area contributed by atoms with Crippen molar-refractivity contribution in [2.75, 3.05) is 26.9 Å². The molecular weight excluding hydrogens is 401 g/mol. The van der Waals surface area contributed by atoms with Crippen LogP contribution in [0.15, 0.2) is 41.4 Å². The van der Waals surface area contributed by atoms with Crippen LogP contribution >= 0.6 is 24.0 Å². The van der Waals surface area contributed by atoms with Crippen LogP contribution in [0.1, 0.15) is 39.9 Å². The van der Waals surface area contributed by atoms with Crippen molar-refractivity contribution in [3.05, 3.63) is 58.7 Å². The van der Waals surface area contributed by atoms with Crippen molar-refractivity contribution in [3.8, 4) is 11.5 Å². The molecule has 0 amide bonds. The number of carbonyl (C=O) groups is 1. The van der Waals surface area contributed by atoms with Crippen LogP contribution in [0.25, 0.3) is 0 Å². The fourth-order valence-electron chi connectivity index (χ4n) is 3.71. The second-order valence-electron chi connectivity index (χ2n) is 6.56. The van der Waals surface area contributed by atoms with E-state index >= 15 is 0 Å². The lowest BCUT2D eigenvalue weighted by Crippen LogP contribution is -2.26. The Kier molecular flexibility index (Phi) is 6.28. The average molecular weight is 422 g/mol. The van der Waals surface area contributed by atoms with E-state index in [2.05, 4.69) is 6.07 Å². The molecule has 0 spiro atoms. The van der Waals surface area contributed by atoms with Crippen LogP contribution in [-0.2, 0) is 4.74 Å². The number of aliphatic imine (C=N–C) groups is 1. The van der Waals surface area contributed by atoms with Crippen LogP contribution in [0.3, 0.4) is 0 Å². The van der Waals surface area contributed by atoms with Gasteiger partial charge in [0, 0.05) is 22.6 Å². The molecule has 7 heteroatoms. The van der Waals surface area contributed by atoms with E-state index in [1.165, 1.54) is 0 Å². The Balaban J connectivity index is 0.00000225. The lowest BCUT2D eigenvalue weighted by Gasteiger charge is -2.27. The maximum absolute atomic E-state index is 11.4. The molecule has 28 heavy (non-hydrogen) atoms. The second-order valence-corrected chi connectivity index (χ2v) is 6.91. The summed E-state index contributed by atoms with van der Waals surface area (Å²) in [5.41, 5.74) is 4.42. The molecule has 2 aromatic carbocycles. The number of carbonyl (C=O) groups excluding carboxylic acids is 1. The van der Waals surface area contributed by atoms with Crippen molar-refractivity contribution in [3.63, 3.8) is 0 Å². The zero-order valence-corrected chi connectivity index (χ0v) is 17.2. The summed E-state index contributed by atoms with van der Waals surface area (Å²) in [6, 6.07) is 11.3. The predicted molar refractivity (Wildman–Crippen MR) is 111 cm³/mol. The highest BCUT2D eigenvalue weighted by molar-refractivity contribution is 6.67. The van der Waals surface area contributed by atoms with Crippen LogP contribution in [-0.4, -0.2) is 43.9 Å². The van der Waals surface area contributed by atoms with Crippen molar-refractivity contribution < 1.29 is 19.0 Å². The van der Waals surface area contributed by atoms with Gasteiger partial charge in [0.1, 0.15) is 0 Å². The second kappa shape index (κ2) is 8.52. The molecule has 1 fully saturated rings. The summed E-state index contributed by atoms with van der Waals surface area (Å²) in [5.74, 6) is 1.61. The highest BCUT2D eigenvalue weighted by Crippen LogP contribution is 2.41. The number of ether oxygens (including phenoxy) is 3. The van der Waals surface area contributed by atoms with Crippen molar-refractivity contribution in [2.45, 2.75) is 18.9 Å². The predicted octanol–water partition coefficient (Wildman–Crippen LogP) is 4.23. The average Bonchev–Trinajstić information content (AvgIpc) is 3.16. The van der Waals surface area contributed by atoms with Gasteiger partial charge in [0.2, 0.25) is 0 Å². The molecule has 148 valence electrons. The van der Waals surface area contributed by atoms with Crippen molar-refractivity contribution in [2.24, 2.45) is 4.99 Å². The zero-order chi connectivity index (χ0) is 19.0. The molecule has 4 rings (SSSR count). The van der Waals surface area contributed by atoms with Gasteiger partial charge < -0.3 is 14.2 Å². The van der Waals surface area contributed by atoms with Crippen molar-refractivity contribution >= 4 is 35.0 Å². The zero-order valence-electron chi connectivity index (χ0n) is 15.6. The number of rotatable bonds is 5. The summed E-state index contributed by atoms with van der Waals surface area (Å²) < 4.78 is 17.0. The van der Waals surface area contributed by atoms with E-state index in [1.54, 1.807) is 19.2 Å². The van der Waals surface area contributed by atoms with Gasteiger partial charge in [-0.1, -0.05) is 12.1 Å². The largest absolute Gasteiger partial charge is 0.493 e. The van der Waals surface area contributed by atoms with Crippen LogP contribution < -0.4 is 9.47 Å². The molecule has 0 bridgehead atoms. The summed E-state index contributed by atoms with van der Waals surface area (Å²) in [5, 5.41) is -0.472. The summed E-state index contributed by atoms with van der Waals surface area (Å²) in [4.78, 5) is 16.3. The fraction of sp³-hybridized carbons (Fsp3) is 0.333. The summed E-state index contributed by atoms with van der Waals surface area (Å²) >= 11 is 5.57. The Hall–Kier alpha value is -2.08. The van der Waals surface area contributed by atoms with Gasteiger partial charge >= 0.3 is 0 Å². The topological polar surface area (TPSA) is 57.1 Å². The SMILES string of the molecule is CCOc1cc2c(cc1OC)C(c1ccc(C(=O)Cl)cc1)=N[C@@H]1COC[C@H]21.Cl. The Morgan fingerprint density at radius 3 is 2.61 bits per heavy atom. The molecule has 2 aliphatic rings. The molecular formula is C21H21Cl2NO4. The number of benzene rings is 2. The maximum atomic E-state index is 11.4. The van der Waals surface area contributed by atoms with Gasteiger partial charge in [-0.25, -0.2) is 0 Å². The highest BCUT2D eigenvalue weighted by atomic mass is 35.5. The number of hydrogen-bond acceptors (Lipinski definition) is 5. The standard InChI is InChI=1S/C21H20ClNO4.ClH/c1-3-27-19-8-14-15(9-18(19)25-2)20(23-17-11-26-10-16(14)17)12-4-6-13(7-5-12)21(22)24;/h4-9,16-17H,3,10-11H2,1-2H3;1H/t16-,17-;/m1./s1. The molecule has 0 aromatic heterocycles. The van der Waals surface area contributed by atoms with Gasteiger partial charge in [-0.3, -0.25) is 9.79 Å². The van der Waals surface area contributed by atoms with E-state index in [1.807, 2.05) is 25.1 Å². The van der Waals surface area contributed by atoms with Crippen LogP contribution in [0.5, 0.6) is 11.5 Å². The van der Waals surface area contributed by atoms with Gasteiger partial charge in [0.15, 0.2) is 11.5 Å². The number of hydrogen-bond donors (Lipinski definition) is 0. The molecule has 0 radical (unpaired) electrons. The highest BCUT2D eigenvalue weighted by Gasteiger charge is 2.37. The molecule has 0 saturated carbocycles. The first-order valence-corrected chi connectivity index (χ1v) is 9.31. The molecule has 2 atom stereocenters. The lowest BCUT2D eigenvalue weighted by atomic mass is 9.83. The van der Waals surface area contributed by atoms with E-state index in [9.17, 15) is 4.79 Å². The van der Waals surface area contributed by atoms with E-state index in [4.69, 9.17) is 30.8 Å². The Labute approximate surface area is 175 Å². The minimum absolute atomic E-state index is 0. The third-order valence-electron chi connectivity index (χ3n) is 5.02. The van der Waals surface area contributed by atoms with E-state index in [0.717, 1.165) is 28.2 Å². The van der Waals surface area contributed by atoms with Crippen LogP contribution in [0.4, 0.5) is 0 Å². The minimum Gasteiger partial charge on any atom is -0.493 e. The monoisotopic (exact) mass is 421 g/mol. The first-order chi connectivity index (χ1) is 13.1. The molecule has 2 heterocycles. The smallest absolute Gasteiger partial charge is 0.252 e. The van der Waals surface area contributed by atoms with Gasteiger partial charge in [-0.15, -0.1) is 12.4 Å². The fourth-order valence-corrected chi connectivity index (χ4v) is 3.83. The Morgan fingerprint density at radius 1 is 1.21 bits per heavy atom. The van der Waals surface area contributed by atoms with Crippen molar-refractivity contribution in [1.29, 1.82) is 0 Å². The van der Waals surface area contributed by atoms with Crippen LogP contribution in [0.2, 0.25) is 0 Å². The number of nitrogens with zero attached hydrogens (tertiary/aromatic N) is 1. The number of halogens is 2. The van der Waals surface area contributed by atoms with Gasteiger partial charge in [-0.05, 0) is 48.4 Å². The van der Waals surface area contributed by atoms with Gasteiger partial charge in [0.05, 0.1) is 38.7 Å². The molecule has 5 nitrogen and oxygen atoms in total. The summed E-state index contributed by atoms with van der Waals surface area (Å²) in [6.45, 7) is 3.76. The summed E-state index contributed by atoms with van der Waals surface area (Å²) in [6.07, 6.45) is 0. The molecule has 2 aliphatic heterocycles. The van der Waals surface area contributed by atoms with E-state index in [-0.39, 0.29) is 24.4 Å². The summed E-state index contributed by atoms with van der Waals surface area (Å²) in [7, 11) is 1.63. The Morgan fingerprint density at radius 2 is 1.96 bits per heavy atom. The molecule has 2 aromatic rings. The molecule has 1 saturated heterocycles. The molecule has 0 N–H and O–H groups in total. The normalized spacial score (nSPS) is 19.8. The van der Waals surface area contributed by atoms with Gasteiger partial charge in [-0.2, -0.15) is 0 Å². The first-order valence-electron chi connectivity index (χ1n) is 8.93. The van der Waals surface area contributed by atoms with E-state index < -0.39 is 5.24 Å². The quantitative estimate of drug-likeness (QED) is 0.677. The number of methoxy groups -OCH3 is 1.